The van der Waals surface area contributed by atoms with Crippen molar-refractivity contribution in [3.8, 4) is 11.1 Å². The van der Waals surface area contributed by atoms with E-state index in [-0.39, 0.29) is 35.7 Å². The topological polar surface area (TPSA) is 149 Å². The number of amides is 1. The zero-order valence-corrected chi connectivity index (χ0v) is 31.4. The summed E-state index contributed by atoms with van der Waals surface area (Å²) >= 11 is 1.22. The van der Waals surface area contributed by atoms with Crippen molar-refractivity contribution in [2.45, 2.75) is 70.3 Å². The molecule has 4 heterocycles. The van der Waals surface area contributed by atoms with E-state index in [0.717, 1.165) is 19.1 Å². The minimum atomic E-state index is -5.08. The van der Waals surface area contributed by atoms with E-state index in [4.69, 9.17) is 10.7 Å². The SMILES string of the molecule is C[C@@H]1c2c(C(F)(F)F)nn(CC(=O)N[C@@H](Cc3cc(F)cc(F)c3)c3nc4nc(NCC(C)(C)O)sc4cc3-c3cccc4c(N)nn(C)c34)c2C(F)(F)[C@@H]1C. The van der Waals surface area contributed by atoms with E-state index in [1.165, 1.54) is 18.3 Å². The summed E-state index contributed by atoms with van der Waals surface area (Å²) < 4.78 is 105. The fourth-order valence-corrected chi connectivity index (χ4v) is 8.07. The molecule has 1 amide bonds. The molecule has 0 spiro atoms. The molecule has 0 aliphatic heterocycles. The van der Waals surface area contributed by atoms with Crippen molar-refractivity contribution >= 4 is 49.4 Å². The number of halogens is 7. The largest absolute Gasteiger partial charge is 0.435 e. The van der Waals surface area contributed by atoms with Gasteiger partial charge in [-0.25, -0.2) is 18.7 Å². The molecule has 296 valence electrons. The van der Waals surface area contributed by atoms with Gasteiger partial charge in [0.1, 0.15) is 23.9 Å². The molecule has 6 aromatic rings. The van der Waals surface area contributed by atoms with Crippen LogP contribution in [0, 0.1) is 17.6 Å². The first-order chi connectivity index (χ1) is 26.1. The number of carbonyl (C=O) groups excluding carboxylic acids is 1. The van der Waals surface area contributed by atoms with E-state index in [1.54, 1.807) is 49.8 Å². The Hall–Kier alpha value is -5.30. The number of aliphatic hydroxyl groups is 1. The summed E-state index contributed by atoms with van der Waals surface area (Å²) in [7, 11) is 1.67. The van der Waals surface area contributed by atoms with Crippen molar-refractivity contribution in [2.75, 3.05) is 17.6 Å². The molecular formula is C37H36F7N9O2S. The fourth-order valence-electron chi connectivity index (χ4n) is 7.23. The summed E-state index contributed by atoms with van der Waals surface area (Å²) in [5.74, 6) is -9.10. The van der Waals surface area contributed by atoms with Crippen molar-refractivity contribution in [3.63, 3.8) is 0 Å². The zero-order valence-electron chi connectivity index (χ0n) is 30.6. The monoisotopic (exact) mass is 803 g/mol. The van der Waals surface area contributed by atoms with E-state index >= 15 is 8.78 Å². The molecule has 1 aliphatic rings. The number of para-hydroxylation sites is 1. The quantitative estimate of drug-likeness (QED) is 0.105. The predicted molar refractivity (Wildman–Crippen MR) is 196 cm³/mol. The van der Waals surface area contributed by atoms with Crippen LogP contribution in [0.2, 0.25) is 0 Å². The van der Waals surface area contributed by atoms with Crippen LogP contribution in [0.25, 0.3) is 32.4 Å². The van der Waals surface area contributed by atoms with Crippen molar-refractivity contribution in [2.24, 2.45) is 13.0 Å². The Bertz CT molecular complexity index is 2480. The van der Waals surface area contributed by atoms with Crippen LogP contribution in [-0.4, -0.2) is 52.7 Å². The molecule has 19 heteroatoms. The van der Waals surface area contributed by atoms with Gasteiger partial charge in [0.2, 0.25) is 5.91 Å². The molecular weight excluding hydrogens is 768 g/mol. The van der Waals surface area contributed by atoms with Crippen LogP contribution in [0.5, 0.6) is 0 Å². The number of nitrogen functional groups attached to an aromatic ring is 1. The Morgan fingerprint density at radius 2 is 1.75 bits per heavy atom. The van der Waals surface area contributed by atoms with Crippen LogP contribution in [0.4, 0.5) is 41.7 Å². The van der Waals surface area contributed by atoms with Gasteiger partial charge in [-0.1, -0.05) is 37.3 Å². The number of rotatable bonds is 10. The number of thiazole rings is 1. The maximum atomic E-state index is 15.6. The third-order valence-corrected chi connectivity index (χ3v) is 10.9. The molecule has 0 bridgehead atoms. The minimum Gasteiger partial charge on any atom is -0.389 e. The van der Waals surface area contributed by atoms with Crippen LogP contribution >= 0.6 is 11.3 Å². The summed E-state index contributed by atoms with van der Waals surface area (Å²) in [5.41, 5.74) is 3.82. The van der Waals surface area contributed by atoms with Gasteiger partial charge in [0.25, 0.3) is 5.92 Å². The van der Waals surface area contributed by atoms with E-state index in [9.17, 15) is 31.9 Å². The maximum Gasteiger partial charge on any atom is 0.435 e. The normalized spacial score (nSPS) is 17.4. The predicted octanol–water partition coefficient (Wildman–Crippen LogP) is 7.45. The first-order valence-corrected chi connectivity index (χ1v) is 18.2. The van der Waals surface area contributed by atoms with Gasteiger partial charge in [0.15, 0.2) is 22.3 Å². The summed E-state index contributed by atoms with van der Waals surface area (Å²) in [6.45, 7) is 4.68. The smallest absolute Gasteiger partial charge is 0.389 e. The van der Waals surface area contributed by atoms with Crippen LogP contribution in [0.3, 0.4) is 0 Å². The van der Waals surface area contributed by atoms with Crippen molar-refractivity contribution < 1.29 is 40.6 Å². The van der Waals surface area contributed by atoms with E-state index in [0.29, 0.717) is 42.6 Å². The van der Waals surface area contributed by atoms with E-state index in [2.05, 4.69) is 25.8 Å². The lowest BCUT2D eigenvalue weighted by atomic mass is 9.94. The van der Waals surface area contributed by atoms with Gasteiger partial charge >= 0.3 is 6.18 Å². The Kier molecular flexibility index (Phi) is 9.54. The van der Waals surface area contributed by atoms with Gasteiger partial charge in [-0.15, -0.1) is 0 Å². The maximum absolute atomic E-state index is 15.6. The third kappa shape index (κ3) is 7.13. The number of aromatic nitrogens is 6. The van der Waals surface area contributed by atoms with E-state index in [1.807, 2.05) is 0 Å². The number of nitrogens with one attached hydrogen (secondary N) is 2. The van der Waals surface area contributed by atoms with Crippen molar-refractivity contribution in [3.05, 3.63) is 82.3 Å². The number of pyridine rings is 1. The lowest BCUT2D eigenvalue weighted by Gasteiger charge is -2.23. The number of hydrogen-bond donors (Lipinski definition) is 4. The van der Waals surface area contributed by atoms with Crippen LogP contribution in [0.1, 0.15) is 67.9 Å². The minimum absolute atomic E-state index is 0.0722. The van der Waals surface area contributed by atoms with Gasteiger partial charge in [0, 0.05) is 47.7 Å². The van der Waals surface area contributed by atoms with Gasteiger partial charge in [-0.2, -0.15) is 32.1 Å². The Morgan fingerprint density at radius 3 is 2.41 bits per heavy atom. The van der Waals surface area contributed by atoms with Gasteiger partial charge < -0.3 is 21.5 Å². The Morgan fingerprint density at radius 1 is 1.05 bits per heavy atom. The highest BCUT2D eigenvalue weighted by atomic mass is 32.1. The number of fused-ring (bicyclic) bond motifs is 3. The van der Waals surface area contributed by atoms with Crippen molar-refractivity contribution in [1.29, 1.82) is 0 Å². The first-order valence-electron chi connectivity index (χ1n) is 17.4. The van der Waals surface area contributed by atoms with Gasteiger partial charge in [-0.3, -0.25) is 14.2 Å². The summed E-state index contributed by atoms with van der Waals surface area (Å²) in [5, 5.41) is 24.9. The number of nitrogens with zero attached hydrogens (tertiary/aromatic N) is 6. The second-order valence-electron chi connectivity index (χ2n) is 14.7. The molecule has 0 saturated heterocycles. The number of anilines is 2. The number of nitrogens with two attached hydrogens (primary N) is 1. The molecule has 1 aliphatic carbocycles. The van der Waals surface area contributed by atoms with E-state index < -0.39 is 76.6 Å². The fraction of sp³-hybridized carbons (Fsp3) is 0.378. The molecule has 0 radical (unpaired) electrons. The summed E-state index contributed by atoms with van der Waals surface area (Å²) in [6, 6.07) is 8.45. The second-order valence-corrected chi connectivity index (χ2v) is 15.7. The van der Waals surface area contributed by atoms with Crippen LogP contribution < -0.4 is 16.4 Å². The molecule has 11 nitrogen and oxygen atoms in total. The standard InChI is InChI=1S/C37H36F7N9O2S/c1-16-17(2)36(40,41)31-27(16)30(37(42,43)44)50-53(31)14-26(54)47-24(11-18-9-19(38)12-20(39)10-18)28-23(21-7-6-8-22-29(21)52(5)51-32(22)45)13-25-33(48-28)49-34(56-25)46-15-35(3,4)55/h6-10,12-13,16-17,24,55H,11,14-15H2,1-5H3,(H2,45,51)(H,47,54)(H,46,48,49)/t16-,17+,24-/m0/s1. The van der Waals surface area contributed by atoms with Gasteiger partial charge in [-0.05, 0) is 56.0 Å². The van der Waals surface area contributed by atoms with Crippen LogP contribution in [0.15, 0.2) is 42.5 Å². The van der Waals surface area contributed by atoms with Crippen molar-refractivity contribution in [1.82, 2.24) is 34.8 Å². The third-order valence-electron chi connectivity index (χ3n) is 9.94. The number of alkyl halides is 5. The molecule has 0 saturated carbocycles. The summed E-state index contributed by atoms with van der Waals surface area (Å²) in [4.78, 5) is 23.4. The molecule has 5 N–H and O–H groups in total. The Labute approximate surface area is 318 Å². The lowest BCUT2D eigenvalue weighted by molar-refractivity contribution is -0.143. The average molecular weight is 804 g/mol. The highest BCUT2D eigenvalue weighted by Gasteiger charge is 2.57. The molecule has 3 atom stereocenters. The van der Waals surface area contributed by atoms with Crippen LogP contribution in [-0.2, 0) is 36.9 Å². The molecule has 2 aromatic carbocycles. The number of carbonyl (C=O) groups is 1. The first kappa shape index (κ1) is 39.0. The second kappa shape index (κ2) is 13.7. The lowest BCUT2D eigenvalue weighted by Crippen LogP contribution is -2.35. The number of aryl methyl sites for hydroxylation is 1. The average Bonchev–Trinajstić information content (AvgIpc) is 3.81. The Balaban J connectivity index is 1.38. The molecule has 4 aromatic heterocycles. The number of hydrogen-bond acceptors (Lipinski definition) is 9. The highest BCUT2D eigenvalue weighted by molar-refractivity contribution is 7.22. The molecule has 7 rings (SSSR count). The highest BCUT2D eigenvalue weighted by Crippen LogP contribution is 2.55. The number of benzene rings is 2. The zero-order chi connectivity index (χ0) is 40.6. The molecule has 0 fully saturated rings. The van der Waals surface area contributed by atoms with Gasteiger partial charge in [0.05, 0.1) is 27.6 Å². The summed E-state index contributed by atoms with van der Waals surface area (Å²) in [6.07, 6.45) is -5.39. The molecule has 56 heavy (non-hydrogen) atoms. The molecule has 0 unspecified atom stereocenters.